The average Bonchev–Trinajstić information content (AvgIpc) is 2.99. The zero-order valence-electron chi connectivity index (χ0n) is 11.3. The summed E-state index contributed by atoms with van der Waals surface area (Å²) in [6.45, 7) is 0. The third kappa shape index (κ3) is 3.03. The molecule has 0 saturated carbocycles. The molecular formula is C16H11BrN2O2S. The van der Waals surface area contributed by atoms with Gasteiger partial charge in [-0.2, -0.15) is 0 Å². The first kappa shape index (κ1) is 14.7. The predicted molar refractivity (Wildman–Crippen MR) is 91.3 cm³/mol. The van der Waals surface area contributed by atoms with Crippen LogP contribution in [0.2, 0.25) is 0 Å². The SMILES string of the molecule is O=C(Nc1nc(-c2ccccc2)cs1)c1cccc(Br)c1O. The topological polar surface area (TPSA) is 62.2 Å². The Bertz CT molecular complexity index is 818. The first-order chi connectivity index (χ1) is 10.6. The van der Waals surface area contributed by atoms with Crippen molar-refractivity contribution >= 4 is 38.3 Å². The fourth-order valence-electron chi connectivity index (χ4n) is 1.94. The zero-order valence-corrected chi connectivity index (χ0v) is 13.7. The van der Waals surface area contributed by atoms with Crippen LogP contribution < -0.4 is 5.32 Å². The summed E-state index contributed by atoms with van der Waals surface area (Å²) in [6, 6.07) is 14.6. The van der Waals surface area contributed by atoms with Crippen molar-refractivity contribution in [2.45, 2.75) is 0 Å². The van der Waals surface area contributed by atoms with Gasteiger partial charge in [0.25, 0.3) is 5.91 Å². The number of carbonyl (C=O) groups is 1. The molecule has 1 amide bonds. The summed E-state index contributed by atoms with van der Waals surface area (Å²) < 4.78 is 0.476. The summed E-state index contributed by atoms with van der Waals surface area (Å²) in [4.78, 5) is 16.6. The van der Waals surface area contributed by atoms with E-state index in [0.717, 1.165) is 11.3 Å². The van der Waals surface area contributed by atoms with Crippen molar-refractivity contribution in [3.05, 3.63) is 63.9 Å². The second-order valence-electron chi connectivity index (χ2n) is 4.49. The van der Waals surface area contributed by atoms with E-state index in [0.29, 0.717) is 9.60 Å². The van der Waals surface area contributed by atoms with Gasteiger partial charge in [0.2, 0.25) is 0 Å². The van der Waals surface area contributed by atoms with Gasteiger partial charge < -0.3 is 5.11 Å². The van der Waals surface area contributed by atoms with Gasteiger partial charge in [0.1, 0.15) is 5.75 Å². The molecule has 0 spiro atoms. The van der Waals surface area contributed by atoms with Gasteiger partial charge in [0, 0.05) is 10.9 Å². The van der Waals surface area contributed by atoms with E-state index in [1.165, 1.54) is 11.3 Å². The van der Waals surface area contributed by atoms with Gasteiger partial charge in [0.15, 0.2) is 5.13 Å². The Morgan fingerprint density at radius 3 is 2.68 bits per heavy atom. The molecule has 3 aromatic rings. The molecule has 2 aromatic carbocycles. The number of nitrogens with one attached hydrogen (secondary N) is 1. The van der Waals surface area contributed by atoms with Crippen LogP contribution in [0.5, 0.6) is 5.75 Å². The molecule has 0 bridgehead atoms. The van der Waals surface area contributed by atoms with Crippen molar-refractivity contribution in [2.24, 2.45) is 0 Å². The highest BCUT2D eigenvalue weighted by molar-refractivity contribution is 9.10. The number of rotatable bonds is 3. The van der Waals surface area contributed by atoms with Gasteiger partial charge in [-0.25, -0.2) is 4.98 Å². The van der Waals surface area contributed by atoms with Crippen molar-refractivity contribution in [1.82, 2.24) is 4.98 Å². The second kappa shape index (κ2) is 6.29. The van der Waals surface area contributed by atoms with Gasteiger partial charge in [-0.05, 0) is 28.1 Å². The molecule has 0 unspecified atom stereocenters. The number of aromatic nitrogens is 1. The van der Waals surface area contributed by atoms with E-state index in [9.17, 15) is 9.90 Å². The van der Waals surface area contributed by atoms with Gasteiger partial charge in [-0.15, -0.1) is 11.3 Å². The highest BCUT2D eigenvalue weighted by atomic mass is 79.9. The molecule has 1 aromatic heterocycles. The smallest absolute Gasteiger partial charge is 0.261 e. The lowest BCUT2D eigenvalue weighted by atomic mass is 10.2. The molecule has 1 heterocycles. The van der Waals surface area contributed by atoms with Crippen LogP contribution in [0.1, 0.15) is 10.4 Å². The molecule has 110 valence electrons. The Hall–Kier alpha value is -2.18. The Balaban J connectivity index is 1.81. The van der Waals surface area contributed by atoms with Gasteiger partial charge in [-0.1, -0.05) is 36.4 Å². The van der Waals surface area contributed by atoms with E-state index < -0.39 is 5.91 Å². The van der Waals surface area contributed by atoms with E-state index in [4.69, 9.17) is 0 Å². The monoisotopic (exact) mass is 374 g/mol. The van der Waals surface area contributed by atoms with Crippen molar-refractivity contribution in [1.29, 1.82) is 0 Å². The maximum atomic E-state index is 12.2. The molecule has 0 aliphatic carbocycles. The standard InChI is InChI=1S/C16H11BrN2O2S/c17-12-8-4-7-11(14(12)20)15(21)19-16-18-13(9-22-16)10-5-2-1-3-6-10/h1-9,20H,(H,18,19,21). The van der Waals surface area contributed by atoms with Gasteiger partial charge in [0.05, 0.1) is 15.7 Å². The number of anilines is 1. The van der Waals surface area contributed by atoms with Crippen LogP contribution in [-0.4, -0.2) is 16.0 Å². The Kier molecular flexibility index (Phi) is 4.22. The minimum atomic E-state index is -0.396. The number of phenolic OH excluding ortho intramolecular Hbond substituents is 1. The first-order valence-electron chi connectivity index (χ1n) is 6.45. The van der Waals surface area contributed by atoms with Crippen LogP contribution >= 0.6 is 27.3 Å². The molecular weight excluding hydrogens is 364 g/mol. The number of hydrogen-bond acceptors (Lipinski definition) is 4. The van der Waals surface area contributed by atoms with Crippen LogP contribution in [0.3, 0.4) is 0 Å². The lowest BCUT2D eigenvalue weighted by molar-refractivity contribution is 0.102. The van der Waals surface area contributed by atoms with E-state index in [2.05, 4.69) is 26.2 Å². The lowest BCUT2D eigenvalue weighted by Gasteiger charge is -2.05. The third-order valence-corrected chi connectivity index (χ3v) is 4.42. The predicted octanol–water partition coefficient (Wildman–Crippen LogP) is 4.53. The van der Waals surface area contributed by atoms with E-state index in [1.807, 2.05) is 35.7 Å². The number of halogens is 1. The Morgan fingerprint density at radius 2 is 1.91 bits per heavy atom. The average molecular weight is 375 g/mol. The molecule has 0 atom stereocenters. The van der Waals surface area contributed by atoms with Crippen molar-refractivity contribution in [2.75, 3.05) is 5.32 Å². The number of para-hydroxylation sites is 1. The fraction of sp³-hybridized carbons (Fsp3) is 0. The van der Waals surface area contributed by atoms with Crippen molar-refractivity contribution in [3.8, 4) is 17.0 Å². The number of aromatic hydroxyl groups is 1. The molecule has 4 nitrogen and oxygen atoms in total. The van der Waals surface area contributed by atoms with Crippen LogP contribution in [0.4, 0.5) is 5.13 Å². The summed E-state index contributed by atoms with van der Waals surface area (Å²) >= 11 is 4.53. The normalized spacial score (nSPS) is 10.4. The van der Waals surface area contributed by atoms with Crippen LogP contribution in [0.15, 0.2) is 58.4 Å². The number of thiazole rings is 1. The lowest BCUT2D eigenvalue weighted by Crippen LogP contribution is -2.11. The van der Waals surface area contributed by atoms with Crippen LogP contribution in [0.25, 0.3) is 11.3 Å². The van der Waals surface area contributed by atoms with Gasteiger partial charge >= 0.3 is 0 Å². The largest absolute Gasteiger partial charge is 0.506 e. The third-order valence-electron chi connectivity index (χ3n) is 3.03. The maximum Gasteiger partial charge on any atom is 0.261 e. The minimum absolute atomic E-state index is 0.0835. The zero-order chi connectivity index (χ0) is 15.5. The van der Waals surface area contributed by atoms with Crippen LogP contribution in [-0.2, 0) is 0 Å². The van der Waals surface area contributed by atoms with E-state index in [1.54, 1.807) is 18.2 Å². The Labute approximate surface area is 139 Å². The molecule has 0 radical (unpaired) electrons. The minimum Gasteiger partial charge on any atom is -0.506 e. The van der Waals surface area contributed by atoms with Gasteiger partial charge in [-0.3, -0.25) is 10.1 Å². The molecule has 2 N–H and O–H groups in total. The van der Waals surface area contributed by atoms with Crippen molar-refractivity contribution < 1.29 is 9.90 Å². The highest BCUT2D eigenvalue weighted by Crippen LogP contribution is 2.29. The fourth-order valence-corrected chi connectivity index (χ4v) is 3.02. The number of amides is 1. The number of hydrogen-bond donors (Lipinski definition) is 2. The summed E-state index contributed by atoms with van der Waals surface area (Å²) in [5, 5.41) is 15.0. The molecule has 22 heavy (non-hydrogen) atoms. The number of benzene rings is 2. The number of nitrogens with zero attached hydrogens (tertiary/aromatic N) is 1. The van der Waals surface area contributed by atoms with E-state index in [-0.39, 0.29) is 11.3 Å². The molecule has 0 aliphatic heterocycles. The summed E-state index contributed by atoms with van der Waals surface area (Å²) in [6.07, 6.45) is 0. The summed E-state index contributed by atoms with van der Waals surface area (Å²) in [7, 11) is 0. The maximum absolute atomic E-state index is 12.2. The number of carbonyl (C=O) groups excluding carboxylic acids is 1. The molecule has 0 fully saturated rings. The quantitative estimate of drug-likeness (QED) is 0.707. The summed E-state index contributed by atoms with van der Waals surface area (Å²) in [5.74, 6) is -0.479. The molecule has 0 aliphatic rings. The number of phenols is 1. The summed E-state index contributed by atoms with van der Waals surface area (Å²) in [5.41, 5.74) is 2.00. The van der Waals surface area contributed by atoms with Crippen LogP contribution in [0, 0.1) is 0 Å². The van der Waals surface area contributed by atoms with Crippen molar-refractivity contribution in [3.63, 3.8) is 0 Å². The first-order valence-corrected chi connectivity index (χ1v) is 8.12. The molecule has 3 rings (SSSR count). The Morgan fingerprint density at radius 1 is 1.14 bits per heavy atom. The van der Waals surface area contributed by atoms with E-state index >= 15 is 0 Å². The second-order valence-corrected chi connectivity index (χ2v) is 6.21. The molecule has 0 saturated heterocycles. The molecule has 6 heteroatoms. The highest BCUT2D eigenvalue weighted by Gasteiger charge is 2.15.